The molecule has 0 radical (unpaired) electrons. The van der Waals surface area contributed by atoms with E-state index in [2.05, 4.69) is 15.9 Å². The first kappa shape index (κ1) is 19.3. The van der Waals surface area contributed by atoms with E-state index in [1.807, 2.05) is 24.3 Å². The summed E-state index contributed by atoms with van der Waals surface area (Å²) >= 11 is 9.54. The Balaban J connectivity index is 1.77. The van der Waals surface area contributed by atoms with Gasteiger partial charge in [-0.3, -0.25) is 14.2 Å². The summed E-state index contributed by atoms with van der Waals surface area (Å²) in [6, 6.07) is 11.1. The van der Waals surface area contributed by atoms with Gasteiger partial charge in [0.25, 0.3) is 16.0 Å². The van der Waals surface area contributed by atoms with Gasteiger partial charge in [0.2, 0.25) is 0 Å². The fourth-order valence-corrected chi connectivity index (χ4v) is 4.19. The van der Waals surface area contributed by atoms with Crippen LogP contribution in [0.4, 0.5) is 0 Å². The second-order valence-electron chi connectivity index (χ2n) is 5.33. The second kappa shape index (κ2) is 7.65. The Bertz CT molecular complexity index is 995. The Kier molecular flexibility index (Phi) is 5.68. The van der Waals surface area contributed by atoms with Crippen LogP contribution in [-0.4, -0.2) is 40.4 Å². The molecule has 0 saturated carbocycles. The van der Waals surface area contributed by atoms with Crippen LogP contribution in [0.15, 0.2) is 50.2 Å². The smallest absolute Gasteiger partial charge is 0.266 e. The van der Waals surface area contributed by atoms with Crippen molar-refractivity contribution in [1.82, 2.24) is 4.90 Å². The SMILES string of the molecule is O=C1C(=Cc2ccc(-c3ccc(Br)cc3)o2)SC(=S)N1CCS(=O)(=O)O. The summed E-state index contributed by atoms with van der Waals surface area (Å²) in [5, 5.41) is 0. The number of halogens is 1. The molecule has 1 amide bonds. The zero-order valence-corrected chi connectivity index (χ0v) is 17.1. The first-order valence-corrected chi connectivity index (χ1v) is 10.9. The molecule has 1 aromatic heterocycles. The predicted molar refractivity (Wildman–Crippen MR) is 108 cm³/mol. The molecule has 1 aromatic carbocycles. The number of thiocarbonyl (C=S) groups is 1. The zero-order chi connectivity index (χ0) is 18.9. The molecule has 2 heterocycles. The van der Waals surface area contributed by atoms with Gasteiger partial charge in [0.1, 0.15) is 15.8 Å². The number of furan rings is 1. The summed E-state index contributed by atoms with van der Waals surface area (Å²) in [7, 11) is -4.17. The molecular weight excluding hydrogens is 462 g/mol. The minimum Gasteiger partial charge on any atom is -0.457 e. The Labute approximate surface area is 168 Å². The van der Waals surface area contributed by atoms with E-state index < -0.39 is 21.8 Å². The van der Waals surface area contributed by atoms with Gasteiger partial charge < -0.3 is 4.42 Å². The Morgan fingerprint density at radius 1 is 1.23 bits per heavy atom. The van der Waals surface area contributed by atoms with Crippen LogP contribution in [0, 0.1) is 0 Å². The number of hydrogen-bond donors (Lipinski definition) is 1. The first-order valence-electron chi connectivity index (χ1n) is 7.29. The second-order valence-corrected chi connectivity index (χ2v) is 9.49. The molecule has 0 bridgehead atoms. The average Bonchev–Trinajstić information content (AvgIpc) is 3.12. The van der Waals surface area contributed by atoms with Crippen molar-refractivity contribution in [2.45, 2.75) is 0 Å². The highest BCUT2D eigenvalue weighted by atomic mass is 79.9. The Morgan fingerprint density at radius 3 is 2.58 bits per heavy atom. The normalized spacial score (nSPS) is 16.7. The lowest BCUT2D eigenvalue weighted by molar-refractivity contribution is -0.121. The van der Waals surface area contributed by atoms with Crippen molar-refractivity contribution >= 4 is 66.3 Å². The van der Waals surface area contributed by atoms with Gasteiger partial charge in [0, 0.05) is 22.7 Å². The maximum absolute atomic E-state index is 12.4. The number of carbonyl (C=O) groups excluding carboxylic acids is 1. The largest absolute Gasteiger partial charge is 0.457 e. The van der Waals surface area contributed by atoms with Crippen molar-refractivity contribution in [3.05, 3.63) is 51.5 Å². The Hall–Kier alpha value is -1.46. The molecule has 1 aliphatic rings. The van der Waals surface area contributed by atoms with E-state index >= 15 is 0 Å². The maximum Gasteiger partial charge on any atom is 0.266 e. The zero-order valence-electron chi connectivity index (χ0n) is 13.1. The third-order valence-electron chi connectivity index (χ3n) is 3.48. The van der Waals surface area contributed by atoms with Crippen molar-refractivity contribution < 1.29 is 22.2 Å². The van der Waals surface area contributed by atoms with Crippen molar-refractivity contribution in [2.24, 2.45) is 0 Å². The van der Waals surface area contributed by atoms with E-state index in [0.717, 1.165) is 26.7 Å². The average molecular weight is 474 g/mol. The molecule has 1 N–H and O–H groups in total. The van der Waals surface area contributed by atoms with Crippen molar-refractivity contribution in [3.63, 3.8) is 0 Å². The fraction of sp³-hybridized carbons (Fsp3) is 0.125. The molecule has 136 valence electrons. The molecular formula is C16H12BrNO5S3. The third-order valence-corrected chi connectivity index (χ3v) is 6.08. The van der Waals surface area contributed by atoms with E-state index in [4.69, 9.17) is 21.2 Å². The quantitative estimate of drug-likeness (QED) is 0.401. The van der Waals surface area contributed by atoms with Crippen LogP contribution in [0.1, 0.15) is 5.76 Å². The number of hydrogen-bond acceptors (Lipinski definition) is 6. The molecule has 26 heavy (non-hydrogen) atoms. The summed E-state index contributed by atoms with van der Waals surface area (Å²) < 4.78 is 37.5. The topological polar surface area (TPSA) is 87.8 Å². The van der Waals surface area contributed by atoms with Gasteiger partial charge in [0.05, 0.1) is 10.7 Å². The Morgan fingerprint density at radius 2 is 1.92 bits per heavy atom. The van der Waals surface area contributed by atoms with E-state index in [1.165, 1.54) is 0 Å². The van der Waals surface area contributed by atoms with Crippen LogP contribution in [0.3, 0.4) is 0 Å². The number of carbonyl (C=O) groups is 1. The van der Waals surface area contributed by atoms with Gasteiger partial charge >= 0.3 is 0 Å². The molecule has 0 aliphatic carbocycles. The van der Waals surface area contributed by atoms with Gasteiger partial charge in [-0.2, -0.15) is 8.42 Å². The molecule has 2 aromatic rings. The lowest BCUT2D eigenvalue weighted by Gasteiger charge is -2.12. The minimum absolute atomic E-state index is 0.191. The monoisotopic (exact) mass is 473 g/mol. The van der Waals surface area contributed by atoms with Crippen LogP contribution >= 0.6 is 39.9 Å². The molecule has 3 rings (SSSR count). The van der Waals surface area contributed by atoms with E-state index in [-0.39, 0.29) is 10.9 Å². The van der Waals surface area contributed by atoms with Crippen LogP contribution in [0.2, 0.25) is 0 Å². The first-order chi connectivity index (χ1) is 12.2. The number of rotatable bonds is 5. The molecule has 0 unspecified atom stereocenters. The minimum atomic E-state index is -4.17. The van der Waals surface area contributed by atoms with Crippen molar-refractivity contribution in [2.75, 3.05) is 12.3 Å². The maximum atomic E-state index is 12.4. The summed E-state index contributed by atoms with van der Waals surface area (Å²) in [6.45, 7) is -0.191. The molecule has 0 spiro atoms. The van der Waals surface area contributed by atoms with E-state index in [9.17, 15) is 13.2 Å². The predicted octanol–water partition coefficient (Wildman–Crippen LogP) is 3.80. The number of amides is 1. The van der Waals surface area contributed by atoms with E-state index in [0.29, 0.717) is 16.4 Å². The molecule has 6 nitrogen and oxygen atoms in total. The molecule has 0 atom stereocenters. The highest BCUT2D eigenvalue weighted by Gasteiger charge is 2.32. The van der Waals surface area contributed by atoms with Crippen molar-refractivity contribution in [3.8, 4) is 11.3 Å². The standard InChI is InChI=1S/C16H12BrNO5S3/c17-11-3-1-10(2-4-11)13-6-5-12(23-13)9-14-15(19)18(16(24)25-14)7-8-26(20,21)22/h1-6,9H,7-8H2,(H,20,21,22). The summed E-state index contributed by atoms with van der Waals surface area (Å²) in [4.78, 5) is 13.9. The van der Waals surface area contributed by atoms with E-state index in [1.54, 1.807) is 18.2 Å². The molecule has 10 heteroatoms. The molecule has 1 saturated heterocycles. The van der Waals surface area contributed by atoms with Gasteiger partial charge in [-0.1, -0.05) is 52.0 Å². The van der Waals surface area contributed by atoms with Crippen LogP contribution in [0.5, 0.6) is 0 Å². The number of thioether (sulfide) groups is 1. The highest BCUT2D eigenvalue weighted by molar-refractivity contribution is 9.10. The molecule has 1 aliphatic heterocycles. The van der Waals surface area contributed by atoms with Gasteiger partial charge in [0.15, 0.2) is 0 Å². The summed E-state index contributed by atoms with van der Waals surface area (Å²) in [6.07, 6.45) is 1.56. The van der Waals surface area contributed by atoms with Gasteiger partial charge in [-0.05, 0) is 24.3 Å². The van der Waals surface area contributed by atoms with Crippen LogP contribution in [-0.2, 0) is 14.9 Å². The summed E-state index contributed by atoms with van der Waals surface area (Å²) in [5.74, 6) is 0.162. The van der Waals surface area contributed by atoms with Crippen LogP contribution in [0.25, 0.3) is 17.4 Å². The number of nitrogens with zero attached hydrogens (tertiary/aromatic N) is 1. The van der Waals surface area contributed by atoms with Crippen molar-refractivity contribution in [1.29, 1.82) is 0 Å². The van der Waals surface area contributed by atoms with Crippen LogP contribution < -0.4 is 0 Å². The lowest BCUT2D eigenvalue weighted by Crippen LogP contribution is -2.32. The summed E-state index contributed by atoms with van der Waals surface area (Å²) in [5.41, 5.74) is 0.897. The highest BCUT2D eigenvalue weighted by Crippen LogP contribution is 2.33. The number of benzene rings is 1. The lowest BCUT2D eigenvalue weighted by atomic mass is 10.2. The van der Waals surface area contributed by atoms with Gasteiger partial charge in [-0.25, -0.2) is 0 Å². The fourth-order valence-electron chi connectivity index (χ4n) is 2.23. The third kappa shape index (κ3) is 4.63. The van der Waals surface area contributed by atoms with Gasteiger partial charge in [-0.15, -0.1) is 0 Å². The molecule has 1 fully saturated rings.